The lowest BCUT2D eigenvalue weighted by molar-refractivity contribution is -0.122. The van der Waals surface area contributed by atoms with Crippen LogP contribution in [0, 0.1) is 0 Å². The van der Waals surface area contributed by atoms with Crippen molar-refractivity contribution in [1.29, 1.82) is 0 Å². The predicted octanol–water partition coefficient (Wildman–Crippen LogP) is 3.85. The first-order chi connectivity index (χ1) is 13.0. The number of carbonyl (C=O) groups is 1. The first-order valence-corrected chi connectivity index (χ1v) is 8.49. The first kappa shape index (κ1) is 20.2. The van der Waals surface area contributed by atoms with Gasteiger partial charge in [-0.05, 0) is 43.2 Å². The number of benzene rings is 2. The summed E-state index contributed by atoms with van der Waals surface area (Å²) in [5.74, 6) is 1.90. The van der Waals surface area contributed by atoms with Crippen molar-refractivity contribution >= 4 is 11.6 Å². The summed E-state index contributed by atoms with van der Waals surface area (Å²) in [5, 5.41) is 2.80. The molecule has 1 amide bonds. The van der Waals surface area contributed by atoms with Crippen molar-refractivity contribution in [2.45, 2.75) is 19.4 Å². The van der Waals surface area contributed by atoms with Gasteiger partial charge in [-0.15, -0.1) is 6.58 Å². The fraction of sp³-hybridized carbons (Fsp3) is 0.286. The molecule has 0 saturated heterocycles. The van der Waals surface area contributed by atoms with Crippen molar-refractivity contribution in [3.8, 4) is 23.0 Å². The molecule has 27 heavy (non-hydrogen) atoms. The van der Waals surface area contributed by atoms with Crippen LogP contribution >= 0.6 is 0 Å². The van der Waals surface area contributed by atoms with E-state index in [1.165, 1.54) is 7.11 Å². The first-order valence-electron chi connectivity index (χ1n) is 8.49. The molecule has 0 heterocycles. The van der Waals surface area contributed by atoms with Crippen LogP contribution < -0.4 is 24.3 Å². The van der Waals surface area contributed by atoms with Crippen molar-refractivity contribution in [2.75, 3.05) is 26.6 Å². The van der Waals surface area contributed by atoms with E-state index < -0.39 is 6.10 Å². The van der Waals surface area contributed by atoms with E-state index in [0.717, 1.165) is 12.0 Å². The molecule has 1 unspecified atom stereocenters. The van der Waals surface area contributed by atoms with Crippen LogP contribution in [0.4, 0.5) is 5.69 Å². The van der Waals surface area contributed by atoms with E-state index in [4.69, 9.17) is 18.9 Å². The van der Waals surface area contributed by atoms with Crippen molar-refractivity contribution in [2.24, 2.45) is 0 Å². The number of amides is 1. The highest BCUT2D eigenvalue weighted by atomic mass is 16.5. The second-order valence-corrected chi connectivity index (χ2v) is 5.80. The molecule has 144 valence electrons. The molecule has 0 saturated carbocycles. The fourth-order valence-corrected chi connectivity index (χ4v) is 2.50. The highest BCUT2D eigenvalue weighted by molar-refractivity contribution is 5.94. The molecule has 0 bridgehead atoms. The van der Waals surface area contributed by atoms with Gasteiger partial charge in [-0.3, -0.25) is 4.79 Å². The molecule has 2 rings (SSSR count). The number of nitrogens with one attached hydrogen (secondary N) is 1. The molecular weight excluding hydrogens is 346 g/mol. The number of hydrogen-bond acceptors (Lipinski definition) is 5. The zero-order valence-corrected chi connectivity index (χ0v) is 16.1. The summed E-state index contributed by atoms with van der Waals surface area (Å²) >= 11 is 0. The number of hydrogen-bond donors (Lipinski definition) is 1. The average molecular weight is 371 g/mol. The van der Waals surface area contributed by atoms with Gasteiger partial charge in [-0.25, -0.2) is 0 Å². The van der Waals surface area contributed by atoms with Crippen molar-refractivity contribution in [1.82, 2.24) is 0 Å². The quantitative estimate of drug-likeness (QED) is 0.678. The van der Waals surface area contributed by atoms with Gasteiger partial charge in [-0.1, -0.05) is 12.1 Å². The standard InChI is InChI=1S/C21H25NO5/c1-6-7-15-8-10-18(19(12-15)25-4)27-14(2)21(23)22-16-9-11-17(24-3)20(13-16)26-5/h6,8-14H,1,7H2,2-5H3,(H,22,23). The molecule has 0 radical (unpaired) electrons. The third-order valence-electron chi connectivity index (χ3n) is 3.93. The highest BCUT2D eigenvalue weighted by Crippen LogP contribution is 2.31. The van der Waals surface area contributed by atoms with Crippen LogP contribution in [0.1, 0.15) is 12.5 Å². The minimum absolute atomic E-state index is 0.292. The van der Waals surface area contributed by atoms with Crippen molar-refractivity contribution < 1.29 is 23.7 Å². The van der Waals surface area contributed by atoms with Crippen LogP contribution in [0.3, 0.4) is 0 Å². The molecule has 0 spiro atoms. The van der Waals surface area contributed by atoms with Crippen LogP contribution in [0.2, 0.25) is 0 Å². The predicted molar refractivity (Wildman–Crippen MR) is 105 cm³/mol. The van der Waals surface area contributed by atoms with Gasteiger partial charge >= 0.3 is 0 Å². The van der Waals surface area contributed by atoms with Crippen LogP contribution in [0.25, 0.3) is 0 Å². The Labute approximate surface area is 159 Å². The van der Waals surface area contributed by atoms with E-state index in [-0.39, 0.29) is 5.91 Å². The van der Waals surface area contributed by atoms with Gasteiger partial charge in [0.05, 0.1) is 21.3 Å². The molecule has 0 aliphatic heterocycles. The molecule has 0 fully saturated rings. The second-order valence-electron chi connectivity index (χ2n) is 5.80. The van der Waals surface area contributed by atoms with Gasteiger partial charge in [-0.2, -0.15) is 0 Å². The fourth-order valence-electron chi connectivity index (χ4n) is 2.50. The van der Waals surface area contributed by atoms with Crippen molar-refractivity contribution in [3.05, 3.63) is 54.6 Å². The topological polar surface area (TPSA) is 66.0 Å². The van der Waals surface area contributed by atoms with Gasteiger partial charge < -0.3 is 24.3 Å². The SMILES string of the molecule is C=CCc1ccc(OC(C)C(=O)Nc2ccc(OC)c(OC)c2)c(OC)c1. The minimum atomic E-state index is -0.725. The maximum Gasteiger partial charge on any atom is 0.265 e. The monoisotopic (exact) mass is 371 g/mol. The van der Waals surface area contributed by atoms with Crippen LogP contribution in [0.5, 0.6) is 23.0 Å². The van der Waals surface area contributed by atoms with Gasteiger partial charge in [0.1, 0.15) is 0 Å². The van der Waals surface area contributed by atoms with E-state index in [2.05, 4.69) is 11.9 Å². The number of anilines is 1. The number of methoxy groups -OCH3 is 3. The van der Waals surface area contributed by atoms with E-state index in [0.29, 0.717) is 28.7 Å². The Morgan fingerprint density at radius 2 is 1.63 bits per heavy atom. The Hall–Kier alpha value is -3.15. The van der Waals surface area contributed by atoms with E-state index in [1.807, 2.05) is 18.2 Å². The molecular formula is C21H25NO5. The smallest absolute Gasteiger partial charge is 0.265 e. The van der Waals surface area contributed by atoms with Crippen LogP contribution in [-0.4, -0.2) is 33.3 Å². The summed E-state index contributed by atoms with van der Waals surface area (Å²) in [6, 6.07) is 10.7. The van der Waals surface area contributed by atoms with E-state index in [1.54, 1.807) is 45.4 Å². The largest absolute Gasteiger partial charge is 0.493 e. The Kier molecular flexibility index (Phi) is 7.11. The lowest BCUT2D eigenvalue weighted by Gasteiger charge is -2.18. The Balaban J connectivity index is 2.08. The molecule has 0 aliphatic carbocycles. The molecule has 6 heteroatoms. The Bertz CT molecular complexity index is 803. The van der Waals surface area contributed by atoms with E-state index >= 15 is 0 Å². The van der Waals surface area contributed by atoms with E-state index in [9.17, 15) is 4.79 Å². The third-order valence-corrected chi connectivity index (χ3v) is 3.93. The van der Waals surface area contributed by atoms with Gasteiger partial charge in [0.25, 0.3) is 5.91 Å². The number of carbonyl (C=O) groups excluding carboxylic acids is 1. The summed E-state index contributed by atoms with van der Waals surface area (Å²) in [7, 11) is 4.66. The molecule has 2 aromatic rings. The van der Waals surface area contributed by atoms with Crippen LogP contribution in [0.15, 0.2) is 49.1 Å². The molecule has 1 atom stereocenters. The Morgan fingerprint density at radius 3 is 2.26 bits per heavy atom. The minimum Gasteiger partial charge on any atom is -0.493 e. The highest BCUT2D eigenvalue weighted by Gasteiger charge is 2.18. The molecule has 1 N–H and O–H groups in total. The number of ether oxygens (including phenoxy) is 4. The molecule has 2 aromatic carbocycles. The molecule has 6 nitrogen and oxygen atoms in total. The van der Waals surface area contributed by atoms with Gasteiger partial charge in [0, 0.05) is 11.8 Å². The normalized spacial score (nSPS) is 11.3. The van der Waals surface area contributed by atoms with Crippen molar-refractivity contribution in [3.63, 3.8) is 0 Å². The average Bonchev–Trinajstić information content (AvgIpc) is 2.68. The number of rotatable bonds is 9. The third kappa shape index (κ3) is 5.17. The lowest BCUT2D eigenvalue weighted by atomic mass is 10.1. The molecule has 0 aliphatic rings. The zero-order chi connectivity index (χ0) is 19.8. The lowest BCUT2D eigenvalue weighted by Crippen LogP contribution is -2.30. The maximum absolute atomic E-state index is 12.5. The van der Waals surface area contributed by atoms with Gasteiger partial charge in [0.15, 0.2) is 29.1 Å². The maximum atomic E-state index is 12.5. The second kappa shape index (κ2) is 9.52. The summed E-state index contributed by atoms with van der Waals surface area (Å²) in [4.78, 5) is 12.5. The summed E-state index contributed by atoms with van der Waals surface area (Å²) in [5.41, 5.74) is 1.64. The Morgan fingerprint density at radius 1 is 1.00 bits per heavy atom. The van der Waals surface area contributed by atoms with Crippen LogP contribution in [-0.2, 0) is 11.2 Å². The summed E-state index contributed by atoms with van der Waals surface area (Å²) < 4.78 is 21.6. The zero-order valence-electron chi connectivity index (χ0n) is 16.1. The number of allylic oxidation sites excluding steroid dienone is 1. The van der Waals surface area contributed by atoms with Gasteiger partial charge in [0.2, 0.25) is 0 Å². The summed E-state index contributed by atoms with van der Waals surface area (Å²) in [6.07, 6.45) is 1.82. The summed E-state index contributed by atoms with van der Waals surface area (Å²) in [6.45, 7) is 5.40. The molecule has 0 aromatic heterocycles.